The van der Waals surface area contributed by atoms with Crippen LogP contribution in [0, 0.1) is 0 Å². The maximum Gasteiger partial charge on any atom is 1.00 e. The SMILES string of the molecule is O=C([O-])O.[Li+].[Na+].[OH-]. The summed E-state index contributed by atoms with van der Waals surface area (Å²) in [6.07, 6.45) is -2.08. The summed E-state index contributed by atoms with van der Waals surface area (Å²) < 4.78 is 0. The van der Waals surface area contributed by atoms with Crippen molar-refractivity contribution in [3.63, 3.8) is 0 Å². The molecule has 0 spiro atoms. The third-order valence-corrected chi connectivity index (χ3v) is 0. The summed E-state index contributed by atoms with van der Waals surface area (Å²) in [6, 6.07) is 0. The average molecular weight is 108 g/mol. The molecule has 0 fully saturated rings. The van der Waals surface area contributed by atoms with Crippen molar-refractivity contribution in [2.75, 3.05) is 0 Å². The van der Waals surface area contributed by atoms with E-state index in [4.69, 9.17) is 15.0 Å². The summed E-state index contributed by atoms with van der Waals surface area (Å²) >= 11 is 0. The van der Waals surface area contributed by atoms with Gasteiger partial charge in [-0.1, -0.05) is 0 Å². The largest absolute Gasteiger partial charge is 1.00 e. The number of hydrogen-bond donors (Lipinski definition) is 1. The molecule has 0 aliphatic carbocycles. The first kappa shape index (κ1) is 24.9. The van der Waals surface area contributed by atoms with Crippen molar-refractivity contribution in [2.45, 2.75) is 0 Å². The van der Waals surface area contributed by atoms with Crippen LogP contribution in [-0.4, -0.2) is 16.7 Å². The minimum atomic E-state index is -2.08. The minimum Gasteiger partial charge on any atom is -0.870 e. The number of rotatable bonds is 0. The van der Waals surface area contributed by atoms with Crippen molar-refractivity contribution in [1.82, 2.24) is 0 Å². The van der Waals surface area contributed by atoms with Gasteiger partial charge in [0.15, 0.2) is 0 Å². The molecule has 7 heavy (non-hydrogen) atoms. The summed E-state index contributed by atoms with van der Waals surface area (Å²) in [5.74, 6) is 0. The second-order valence-electron chi connectivity index (χ2n) is 0.266. The van der Waals surface area contributed by atoms with Gasteiger partial charge in [-0.25, -0.2) is 0 Å². The molecular formula is CH2LiNaO4. The summed E-state index contributed by atoms with van der Waals surface area (Å²) in [5, 5.41) is 15.3. The van der Waals surface area contributed by atoms with E-state index in [1.54, 1.807) is 0 Å². The molecule has 2 N–H and O–H groups in total. The van der Waals surface area contributed by atoms with E-state index < -0.39 is 6.16 Å². The Hall–Kier alpha value is 0.827. The van der Waals surface area contributed by atoms with Crippen molar-refractivity contribution in [2.24, 2.45) is 0 Å². The van der Waals surface area contributed by atoms with Crippen LogP contribution < -0.4 is 53.5 Å². The molecule has 0 heterocycles. The number of carboxylic acid groups (broad SMARTS) is 2. The molecule has 0 aliphatic rings. The molecule has 0 saturated carbocycles. The van der Waals surface area contributed by atoms with Crippen LogP contribution in [0.1, 0.15) is 0 Å². The van der Waals surface area contributed by atoms with Gasteiger partial charge in [-0.15, -0.1) is 0 Å². The molecule has 0 radical (unpaired) electrons. The zero-order chi connectivity index (χ0) is 3.58. The van der Waals surface area contributed by atoms with E-state index >= 15 is 0 Å². The smallest absolute Gasteiger partial charge is 0.870 e. The molecule has 0 aromatic heterocycles. The molecule has 0 atom stereocenters. The first-order valence-corrected chi connectivity index (χ1v) is 0.632. The van der Waals surface area contributed by atoms with E-state index in [2.05, 4.69) is 0 Å². The van der Waals surface area contributed by atoms with Crippen molar-refractivity contribution < 1.29 is 68.9 Å². The van der Waals surface area contributed by atoms with Crippen LogP contribution in [0.5, 0.6) is 0 Å². The van der Waals surface area contributed by atoms with Gasteiger partial charge >= 0.3 is 48.4 Å². The molecule has 32 valence electrons. The van der Waals surface area contributed by atoms with Gasteiger partial charge in [0.2, 0.25) is 6.16 Å². The Morgan fingerprint density at radius 3 is 1.57 bits per heavy atom. The van der Waals surface area contributed by atoms with Crippen LogP contribution in [0.3, 0.4) is 0 Å². The first-order valence-electron chi connectivity index (χ1n) is 0.632. The number of hydrogen-bond acceptors (Lipinski definition) is 3. The van der Waals surface area contributed by atoms with Crippen LogP contribution >= 0.6 is 0 Å². The maximum atomic E-state index is 8.44. The van der Waals surface area contributed by atoms with E-state index in [1.165, 1.54) is 0 Å². The molecule has 0 bridgehead atoms. The predicted octanol–water partition coefficient (Wildman–Crippen LogP) is -7.28. The summed E-state index contributed by atoms with van der Waals surface area (Å²) in [4.78, 5) is 8.44. The van der Waals surface area contributed by atoms with E-state index in [0.29, 0.717) is 0 Å². The first-order chi connectivity index (χ1) is 1.73. The van der Waals surface area contributed by atoms with Gasteiger partial charge < -0.3 is 20.5 Å². The zero-order valence-corrected chi connectivity index (χ0v) is 6.21. The third-order valence-electron chi connectivity index (χ3n) is 0. The van der Waals surface area contributed by atoms with Crippen molar-refractivity contribution in [3.05, 3.63) is 0 Å². The Bertz CT molecular complexity index is 34.7. The Labute approximate surface area is 74.7 Å². The average Bonchev–Trinajstić information content (AvgIpc) is 0.811. The van der Waals surface area contributed by atoms with Gasteiger partial charge in [0, 0.05) is 0 Å². The van der Waals surface area contributed by atoms with E-state index in [-0.39, 0.29) is 53.9 Å². The fourth-order valence-electron chi connectivity index (χ4n) is 0. The number of carbonyl (C=O) groups is 1. The van der Waals surface area contributed by atoms with Gasteiger partial charge in [-0.2, -0.15) is 0 Å². The second-order valence-corrected chi connectivity index (χ2v) is 0.266. The summed E-state index contributed by atoms with van der Waals surface area (Å²) in [6.45, 7) is 0. The standard InChI is InChI=1S/CH2O3.Li.Na.H2O/c2-1(3)4;;;/h(H2,2,3,4);;;1H2/q;2*+1;/p-2. The Morgan fingerprint density at radius 1 is 1.57 bits per heavy atom. The second kappa shape index (κ2) is 15.8. The molecule has 0 aromatic rings. The van der Waals surface area contributed by atoms with Gasteiger partial charge in [0.25, 0.3) is 0 Å². The maximum absolute atomic E-state index is 8.44. The van der Waals surface area contributed by atoms with Gasteiger partial charge in [-0.3, -0.25) is 0 Å². The van der Waals surface area contributed by atoms with Crippen LogP contribution in [0.4, 0.5) is 4.79 Å². The predicted molar refractivity (Wildman–Crippen MR) is 9.96 cm³/mol. The van der Waals surface area contributed by atoms with Crippen LogP contribution in [0.15, 0.2) is 0 Å². The van der Waals surface area contributed by atoms with Crippen LogP contribution in [0.2, 0.25) is 0 Å². The fourth-order valence-corrected chi connectivity index (χ4v) is 0. The van der Waals surface area contributed by atoms with Crippen LogP contribution in [0.25, 0.3) is 0 Å². The monoisotopic (exact) mass is 108 g/mol. The van der Waals surface area contributed by atoms with Gasteiger partial charge in [0.05, 0.1) is 0 Å². The Kier molecular flexibility index (Phi) is 56.3. The molecular weight excluding hydrogens is 106 g/mol. The molecule has 0 aliphatic heterocycles. The molecule has 0 saturated heterocycles. The Morgan fingerprint density at radius 2 is 1.57 bits per heavy atom. The van der Waals surface area contributed by atoms with Gasteiger partial charge in [0.1, 0.15) is 0 Å². The van der Waals surface area contributed by atoms with Crippen molar-refractivity contribution >= 4 is 6.16 Å². The van der Waals surface area contributed by atoms with Crippen molar-refractivity contribution in [3.8, 4) is 0 Å². The van der Waals surface area contributed by atoms with E-state index in [1.807, 2.05) is 0 Å². The molecule has 0 rings (SSSR count). The molecule has 0 aromatic carbocycles. The third kappa shape index (κ3) is 232. The molecule has 0 amide bonds. The quantitative estimate of drug-likeness (QED) is 0.312. The molecule has 0 unspecified atom stereocenters. The van der Waals surface area contributed by atoms with E-state index in [0.717, 1.165) is 0 Å². The Balaban J connectivity index is -0.0000000150. The fraction of sp³-hybridized carbons (Fsp3) is 0. The van der Waals surface area contributed by atoms with Gasteiger partial charge in [-0.05, 0) is 0 Å². The normalized spacial score (nSPS) is 3.43. The summed E-state index contributed by atoms with van der Waals surface area (Å²) in [5.41, 5.74) is 0. The van der Waals surface area contributed by atoms with Crippen LogP contribution in [-0.2, 0) is 0 Å². The molecule has 4 nitrogen and oxygen atoms in total. The van der Waals surface area contributed by atoms with E-state index in [9.17, 15) is 0 Å². The molecule has 6 heteroatoms. The zero-order valence-electron chi connectivity index (χ0n) is 4.21. The van der Waals surface area contributed by atoms with Crippen molar-refractivity contribution in [1.29, 1.82) is 0 Å². The topological polar surface area (TPSA) is 90.4 Å². The minimum absolute atomic E-state index is 0. The summed E-state index contributed by atoms with van der Waals surface area (Å²) in [7, 11) is 0.